The topological polar surface area (TPSA) is 114 Å². The minimum absolute atomic E-state index is 0.285. The molecule has 10 aromatic carbocycles. The summed E-state index contributed by atoms with van der Waals surface area (Å²) in [6, 6.07) is 77.3. The van der Waals surface area contributed by atoms with E-state index in [1.165, 1.54) is 65.9 Å². The molecular weight excluding hydrogens is 1480 g/mol. The highest BCUT2D eigenvalue weighted by Gasteiger charge is 2.52. The first-order valence-electron chi connectivity index (χ1n) is 32.1. The fourth-order valence-corrected chi connectivity index (χ4v) is 12.2. The van der Waals surface area contributed by atoms with Crippen LogP contribution in [0.2, 0.25) is 0 Å². The van der Waals surface area contributed by atoms with Crippen LogP contribution in [0.3, 0.4) is 0 Å². The van der Waals surface area contributed by atoms with Gasteiger partial charge in [0.15, 0.2) is 0 Å². The van der Waals surface area contributed by atoms with Crippen LogP contribution in [0.1, 0.15) is 83.1 Å². The van der Waals surface area contributed by atoms with E-state index in [4.69, 9.17) is 45.4 Å². The van der Waals surface area contributed by atoms with Gasteiger partial charge in [0, 0.05) is 58.9 Å². The Morgan fingerprint density at radius 2 is 0.667 bits per heavy atom. The van der Waals surface area contributed by atoms with E-state index in [-0.39, 0.29) is 29.5 Å². The minimum atomic E-state index is -1.01. The van der Waals surface area contributed by atoms with Crippen LogP contribution < -0.4 is 5.46 Å². The van der Waals surface area contributed by atoms with Crippen molar-refractivity contribution < 1.29 is 37.7 Å². The molecule has 14 aromatic rings. The lowest BCUT2D eigenvalue weighted by molar-refractivity contribution is -0.107. The molecule has 16 rings (SSSR count). The van der Waals surface area contributed by atoms with Crippen molar-refractivity contribution in [3.63, 3.8) is 0 Å². The van der Waals surface area contributed by atoms with Gasteiger partial charge in [-0.2, -0.15) is 0 Å². The monoisotopic (exact) mass is 1560 g/mol. The second-order valence-electron chi connectivity index (χ2n) is 27.2. The van der Waals surface area contributed by atoms with Crippen molar-refractivity contribution in [2.24, 2.45) is 0 Å². The molecule has 2 saturated heterocycles. The summed E-state index contributed by atoms with van der Waals surface area (Å²) >= 11 is 7.86. The highest BCUT2D eigenvalue weighted by molar-refractivity contribution is 14.1. The maximum atomic E-state index is 9.10. The van der Waals surface area contributed by atoms with Gasteiger partial charge in [-0.15, -0.1) is 0 Å². The first-order valence-corrected chi connectivity index (χ1v) is 37.2. The molecule has 2 fully saturated rings. The van der Waals surface area contributed by atoms with Gasteiger partial charge in [-0.3, -0.25) is 0 Å². The molecule has 0 amide bonds. The number of halogens is 3. The Balaban J connectivity index is 0.000000151. The van der Waals surface area contributed by atoms with E-state index in [2.05, 4.69) is 292 Å². The Labute approximate surface area is 600 Å². The molecule has 0 bridgehead atoms. The number of aromatic nitrogens is 2. The van der Waals surface area contributed by atoms with Crippen molar-refractivity contribution >= 4 is 176 Å². The van der Waals surface area contributed by atoms with Crippen molar-refractivity contribution in [2.45, 2.75) is 117 Å². The van der Waals surface area contributed by atoms with Crippen LogP contribution in [0.25, 0.3) is 121 Å². The second kappa shape index (κ2) is 27.9. The van der Waals surface area contributed by atoms with Crippen molar-refractivity contribution in [1.82, 2.24) is 9.13 Å². The van der Waals surface area contributed by atoms with Crippen LogP contribution in [0, 0.1) is 0 Å². The molecule has 0 saturated carbocycles. The lowest BCUT2D eigenvalue weighted by atomic mass is 9.63. The summed E-state index contributed by atoms with van der Waals surface area (Å²) in [7, 11) is 4.50. The highest BCUT2D eigenvalue weighted by atomic mass is 127. The van der Waals surface area contributed by atoms with Crippen LogP contribution >= 0.6 is 61.1 Å². The molecule has 10 nitrogen and oxygen atoms in total. The maximum Gasteiger partial charge on any atom is 0.494 e. The summed E-state index contributed by atoms with van der Waals surface area (Å²) in [5, 5.41) is 27.8. The van der Waals surface area contributed by atoms with E-state index in [0.29, 0.717) is 0 Å². The summed E-state index contributed by atoms with van der Waals surface area (Å²) in [6.07, 6.45) is 0. The average molecular weight is 1560 g/mol. The smallest absolute Gasteiger partial charge is 0.456 e. The molecule has 2 aliphatic rings. The SMILES string of the molecule is Brc1ccc(-n2c3ccccc3c3cc(-c4ccc5oc6ccccc6c5c4)ccc32)cc1.CC(C)(O)C(C)(C)O.CC1(C)OB(c2ccc(-n3c4ccccc4c4cc(-c5ccc6oc7ccccc7c6c5)ccc43)cc2)OC1(C)C.CI.CI.[B]B1OC(C)(C)C(C)(C)O1. The van der Waals surface area contributed by atoms with Crippen LogP contribution in [0.15, 0.2) is 232 Å². The normalized spacial score (nSPS) is 15.4. The van der Waals surface area contributed by atoms with Crippen LogP contribution in [0.4, 0.5) is 0 Å². The maximum absolute atomic E-state index is 9.10. The minimum Gasteiger partial charge on any atom is -0.456 e. The van der Waals surface area contributed by atoms with Crippen LogP contribution in [-0.4, -0.2) is 84.7 Å². The molecule has 488 valence electrons. The van der Waals surface area contributed by atoms with Gasteiger partial charge in [-0.05, 0) is 230 Å². The number of nitrogens with zero attached hydrogens (tertiary/aromatic N) is 2. The lowest BCUT2D eigenvalue weighted by Gasteiger charge is -2.32. The Morgan fingerprint density at radius 1 is 0.365 bits per heavy atom. The van der Waals surface area contributed by atoms with Gasteiger partial charge in [0.25, 0.3) is 0 Å². The molecule has 0 aliphatic carbocycles. The number of furan rings is 2. The van der Waals surface area contributed by atoms with Gasteiger partial charge < -0.3 is 46.8 Å². The van der Waals surface area contributed by atoms with Gasteiger partial charge in [0.05, 0.1) is 55.7 Å². The lowest BCUT2D eigenvalue weighted by Crippen LogP contribution is -2.44. The zero-order chi connectivity index (χ0) is 68.9. The molecule has 0 spiro atoms. The summed E-state index contributed by atoms with van der Waals surface area (Å²) in [5.74, 6) is 0. The van der Waals surface area contributed by atoms with Gasteiger partial charge in [-0.25, -0.2) is 0 Å². The van der Waals surface area contributed by atoms with Gasteiger partial charge in [0.1, 0.15) is 30.1 Å². The molecule has 16 heteroatoms. The summed E-state index contributed by atoms with van der Waals surface area (Å²) in [6.45, 7) is 22.5. The fourth-order valence-electron chi connectivity index (χ4n) is 11.9. The number of para-hydroxylation sites is 4. The Kier molecular flexibility index (Phi) is 20.5. The van der Waals surface area contributed by atoms with Gasteiger partial charge in [0.2, 0.25) is 0 Å². The number of aliphatic hydroxyl groups is 2. The first-order chi connectivity index (χ1) is 45.6. The number of hydrogen-bond donors (Lipinski definition) is 2. The number of hydrogen-bond acceptors (Lipinski definition) is 8. The molecule has 4 aromatic heterocycles. The van der Waals surface area contributed by atoms with E-state index in [1.54, 1.807) is 27.7 Å². The average Bonchev–Trinajstić information content (AvgIpc) is 1.60. The van der Waals surface area contributed by atoms with E-state index in [0.717, 1.165) is 65.2 Å². The number of fused-ring (bicyclic) bond motifs is 12. The Hall–Kier alpha value is -6.71. The molecule has 0 unspecified atom stereocenters. The Bertz CT molecular complexity index is 5050. The van der Waals surface area contributed by atoms with E-state index < -0.39 is 18.2 Å². The van der Waals surface area contributed by atoms with E-state index in [1.807, 2.05) is 61.8 Å². The molecule has 2 N–H and O–H groups in total. The molecular formula is C80H80B3BrI2N2O8. The zero-order valence-electron chi connectivity index (χ0n) is 56.9. The van der Waals surface area contributed by atoms with Crippen LogP contribution in [0.5, 0.6) is 0 Å². The van der Waals surface area contributed by atoms with E-state index in [9.17, 15) is 0 Å². The summed E-state index contributed by atoms with van der Waals surface area (Å²) < 4.78 is 41.1. The third-order valence-electron chi connectivity index (χ3n) is 19.3. The molecule has 6 heterocycles. The van der Waals surface area contributed by atoms with Crippen molar-refractivity contribution in [3.8, 4) is 33.6 Å². The predicted molar refractivity (Wildman–Crippen MR) is 425 cm³/mol. The van der Waals surface area contributed by atoms with E-state index >= 15 is 0 Å². The van der Waals surface area contributed by atoms with Crippen molar-refractivity contribution in [3.05, 3.63) is 223 Å². The first kappa shape index (κ1) is 70.6. The van der Waals surface area contributed by atoms with Gasteiger partial charge >= 0.3 is 14.1 Å². The third-order valence-corrected chi connectivity index (χ3v) is 19.8. The summed E-state index contributed by atoms with van der Waals surface area (Å²) in [4.78, 5) is 3.94. The van der Waals surface area contributed by atoms with Crippen LogP contribution in [-0.2, 0) is 18.6 Å². The van der Waals surface area contributed by atoms with Crippen molar-refractivity contribution in [2.75, 3.05) is 9.86 Å². The molecule has 2 aliphatic heterocycles. The highest BCUT2D eigenvalue weighted by Crippen LogP contribution is 2.42. The summed E-state index contributed by atoms with van der Waals surface area (Å²) in [5.41, 5.74) is 13.2. The predicted octanol–water partition coefficient (Wildman–Crippen LogP) is 21.1. The van der Waals surface area contributed by atoms with Crippen molar-refractivity contribution in [1.29, 1.82) is 0 Å². The molecule has 0 atom stereocenters. The second-order valence-corrected chi connectivity index (χ2v) is 28.1. The largest absolute Gasteiger partial charge is 0.494 e. The Morgan fingerprint density at radius 3 is 1.03 bits per heavy atom. The number of rotatable bonds is 6. The number of alkyl halides is 2. The fraction of sp³-hybridized carbons (Fsp3) is 0.250. The quantitative estimate of drug-likeness (QED) is 0.0962. The standard InChI is InChI=1S/C36H30BNO3.C30H18BrNO.C6H12B2O2.C6H14O2.2CH3I/c1-35(2)36(3,4)41-37(40-35)25-15-17-26(18-16-25)38-31-11-7-5-9-27(31)29-21-23(13-19-32(29)38)24-14-20-34-30(22-24)28-10-6-8-12-33(28)39-34;31-21-11-13-22(14-12-21)32-27-7-3-1-5-23(27)25-17-19(9-15-28(25)32)20-10-16-30-26(18-20)24-6-2-4-8-29(24)33-30;1-5(2)6(3,4)10-8(7)9-5;1-5(2,7)6(3,4)8;2*1-2/h5-22H,1-4H3;1-18H;1-4H3;7-8H,1-4H3;2*1H3. The van der Waals surface area contributed by atoms with Gasteiger partial charge in [-0.1, -0.05) is 170 Å². The molecule has 96 heavy (non-hydrogen) atoms. The zero-order valence-corrected chi connectivity index (χ0v) is 62.8. The third kappa shape index (κ3) is 13.9. The number of benzene rings is 10. The molecule has 2 radical (unpaired) electrons.